The predicted octanol–water partition coefficient (Wildman–Crippen LogP) is 3.33. The molecule has 4 heterocycles. The number of rotatable bonds is 4. The number of fused-ring (bicyclic) bond motifs is 3. The average Bonchev–Trinajstić information content (AvgIpc) is 3.29. The van der Waals surface area contributed by atoms with Crippen molar-refractivity contribution >= 4 is 17.5 Å². The largest absolute Gasteiger partial charge is 0.494 e. The van der Waals surface area contributed by atoms with E-state index in [2.05, 4.69) is 20.3 Å². The monoisotopic (exact) mass is 414 g/mol. The third-order valence-electron chi connectivity index (χ3n) is 5.24. The summed E-state index contributed by atoms with van der Waals surface area (Å²) >= 11 is 0. The number of aromatic nitrogens is 4. The summed E-state index contributed by atoms with van der Waals surface area (Å²) in [6.07, 6.45) is 4.90. The van der Waals surface area contributed by atoms with E-state index in [1.54, 1.807) is 18.3 Å². The van der Waals surface area contributed by atoms with Crippen LogP contribution in [0.2, 0.25) is 0 Å². The molecule has 0 radical (unpaired) electrons. The van der Waals surface area contributed by atoms with Crippen LogP contribution in [0.25, 0.3) is 5.69 Å². The highest BCUT2D eigenvalue weighted by Crippen LogP contribution is 2.42. The molecule has 1 atom stereocenters. The third kappa shape index (κ3) is 3.27. The van der Waals surface area contributed by atoms with Gasteiger partial charge in [0.2, 0.25) is 5.95 Å². The third-order valence-corrected chi connectivity index (χ3v) is 5.24. The smallest absolute Gasteiger partial charge is 0.267 e. The number of halogens is 2. The average molecular weight is 414 g/mol. The van der Waals surface area contributed by atoms with Crippen LogP contribution in [0, 0.1) is 6.92 Å². The second-order valence-electron chi connectivity index (χ2n) is 7.47. The van der Waals surface area contributed by atoms with E-state index >= 15 is 0 Å². The molecule has 1 saturated heterocycles. The molecule has 1 fully saturated rings. The number of aryl methyl sites for hydroxylation is 1. The molecule has 0 spiro atoms. The lowest BCUT2D eigenvalue weighted by molar-refractivity contribution is 0.0211. The number of imidazole rings is 1. The summed E-state index contributed by atoms with van der Waals surface area (Å²) in [7, 11) is 1.59. The van der Waals surface area contributed by atoms with E-state index in [4.69, 9.17) is 9.47 Å². The van der Waals surface area contributed by atoms with E-state index < -0.39 is 5.92 Å². The second-order valence-corrected chi connectivity index (χ2v) is 7.47. The van der Waals surface area contributed by atoms with Gasteiger partial charge in [0.1, 0.15) is 12.4 Å². The Morgan fingerprint density at radius 3 is 2.93 bits per heavy atom. The molecule has 1 aromatic carbocycles. The van der Waals surface area contributed by atoms with Gasteiger partial charge in [-0.2, -0.15) is 4.98 Å². The molecule has 8 nitrogen and oxygen atoms in total. The number of anilines is 3. The zero-order valence-corrected chi connectivity index (χ0v) is 16.5. The molecule has 156 valence electrons. The van der Waals surface area contributed by atoms with Crippen molar-refractivity contribution in [2.45, 2.75) is 25.3 Å². The summed E-state index contributed by atoms with van der Waals surface area (Å²) in [6.45, 7) is 1.76. The Labute approximate surface area is 171 Å². The fraction of sp³-hybridized carbons (Fsp3) is 0.350. The minimum absolute atomic E-state index is 0.213. The topological polar surface area (TPSA) is 77.3 Å². The van der Waals surface area contributed by atoms with Crippen molar-refractivity contribution in [2.24, 2.45) is 0 Å². The molecule has 30 heavy (non-hydrogen) atoms. The minimum Gasteiger partial charge on any atom is -0.494 e. The van der Waals surface area contributed by atoms with E-state index in [0.29, 0.717) is 29.0 Å². The number of hydrogen-bond acceptors (Lipinski definition) is 7. The van der Waals surface area contributed by atoms with E-state index in [-0.39, 0.29) is 25.6 Å². The van der Waals surface area contributed by atoms with Crippen LogP contribution >= 0.6 is 0 Å². The summed E-state index contributed by atoms with van der Waals surface area (Å²) < 4.78 is 40.7. The zero-order chi connectivity index (χ0) is 20.9. The van der Waals surface area contributed by atoms with Gasteiger partial charge in [0, 0.05) is 24.4 Å². The first-order valence-corrected chi connectivity index (χ1v) is 9.52. The van der Waals surface area contributed by atoms with Crippen LogP contribution in [0.5, 0.6) is 11.5 Å². The summed E-state index contributed by atoms with van der Waals surface area (Å²) in [4.78, 5) is 14.6. The van der Waals surface area contributed by atoms with Crippen LogP contribution in [-0.2, 0) is 0 Å². The van der Waals surface area contributed by atoms with Crippen molar-refractivity contribution in [2.75, 3.05) is 30.5 Å². The maximum absolute atomic E-state index is 13.9. The van der Waals surface area contributed by atoms with Gasteiger partial charge in [-0.15, -0.1) is 0 Å². The number of benzene rings is 1. The fourth-order valence-corrected chi connectivity index (χ4v) is 3.86. The summed E-state index contributed by atoms with van der Waals surface area (Å²) in [5.74, 6) is -1.01. The highest BCUT2D eigenvalue weighted by atomic mass is 19.3. The van der Waals surface area contributed by atoms with Gasteiger partial charge < -0.3 is 24.3 Å². The first-order valence-electron chi connectivity index (χ1n) is 9.52. The van der Waals surface area contributed by atoms with E-state index in [0.717, 1.165) is 11.4 Å². The lowest BCUT2D eigenvalue weighted by Gasteiger charge is -2.31. The molecule has 0 amide bonds. The van der Waals surface area contributed by atoms with E-state index in [1.807, 2.05) is 35.9 Å². The van der Waals surface area contributed by atoms with Gasteiger partial charge >= 0.3 is 0 Å². The SMILES string of the molecule is COc1cc(Nc2ncc3c(n2)N2CC(F)(F)CC2CO3)ccc1-n1cnc(C)c1. The molecule has 0 aliphatic carbocycles. The van der Waals surface area contributed by atoms with E-state index in [1.165, 1.54) is 6.20 Å². The Hall–Kier alpha value is -3.43. The molecule has 10 heteroatoms. The van der Waals surface area contributed by atoms with Crippen LogP contribution in [-0.4, -0.2) is 51.7 Å². The highest BCUT2D eigenvalue weighted by Gasteiger charge is 2.48. The van der Waals surface area contributed by atoms with Gasteiger partial charge in [-0.05, 0) is 19.1 Å². The number of nitrogens with one attached hydrogen (secondary N) is 1. The Morgan fingerprint density at radius 1 is 1.30 bits per heavy atom. The number of hydrogen-bond donors (Lipinski definition) is 1. The molecule has 0 saturated carbocycles. The number of alkyl halides is 2. The first-order chi connectivity index (χ1) is 14.4. The maximum Gasteiger partial charge on any atom is 0.267 e. The minimum atomic E-state index is -2.75. The Kier molecular flexibility index (Phi) is 4.23. The standard InChI is InChI=1S/C20H20F2N6O2/c1-12-8-27(11-24-12)15-4-3-13(5-16(15)29-2)25-19-23-7-17-18(26-19)28-10-20(21,22)6-14(28)9-30-17/h3-5,7-8,11,14H,6,9-10H2,1-2H3,(H,23,25,26). The highest BCUT2D eigenvalue weighted by molar-refractivity contribution is 5.64. The van der Waals surface area contributed by atoms with Crippen LogP contribution in [0.15, 0.2) is 36.9 Å². The molecule has 2 aromatic heterocycles. The summed E-state index contributed by atoms with van der Waals surface area (Å²) in [5, 5.41) is 3.12. The van der Waals surface area contributed by atoms with Crippen molar-refractivity contribution < 1.29 is 18.3 Å². The van der Waals surface area contributed by atoms with E-state index in [9.17, 15) is 8.78 Å². The van der Waals surface area contributed by atoms with Gasteiger partial charge in [0.05, 0.1) is 43.6 Å². The molecule has 1 unspecified atom stereocenters. The van der Waals surface area contributed by atoms with Crippen molar-refractivity contribution in [1.82, 2.24) is 19.5 Å². The molecule has 0 bridgehead atoms. The molecule has 2 aliphatic heterocycles. The van der Waals surface area contributed by atoms with Crippen LogP contribution in [0.4, 0.5) is 26.2 Å². The predicted molar refractivity (Wildman–Crippen MR) is 106 cm³/mol. The van der Waals surface area contributed by atoms with Crippen molar-refractivity contribution in [3.05, 3.63) is 42.6 Å². The lowest BCUT2D eigenvalue weighted by Crippen LogP contribution is -2.39. The second kappa shape index (κ2) is 6.82. The molecule has 2 aliphatic rings. The number of ether oxygens (including phenoxy) is 2. The fourth-order valence-electron chi connectivity index (χ4n) is 3.86. The maximum atomic E-state index is 13.9. The summed E-state index contributed by atoms with van der Waals surface area (Å²) in [5.41, 5.74) is 2.44. The Morgan fingerprint density at radius 2 is 2.17 bits per heavy atom. The normalized spacial score (nSPS) is 19.1. The quantitative estimate of drug-likeness (QED) is 0.702. The number of nitrogens with zero attached hydrogens (tertiary/aromatic N) is 5. The van der Waals surface area contributed by atoms with Crippen LogP contribution in [0.3, 0.4) is 0 Å². The molecule has 5 rings (SSSR count). The number of methoxy groups -OCH3 is 1. The van der Waals surface area contributed by atoms with Crippen molar-refractivity contribution in [1.29, 1.82) is 0 Å². The Balaban J connectivity index is 1.42. The molecular formula is C20H20F2N6O2. The van der Waals surface area contributed by atoms with Gasteiger partial charge in [0.15, 0.2) is 11.6 Å². The van der Waals surface area contributed by atoms with Crippen molar-refractivity contribution in [3.63, 3.8) is 0 Å². The van der Waals surface area contributed by atoms with Gasteiger partial charge in [-0.1, -0.05) is 0 Å². The molecule has 1 N–H and O–H groups in total. The van der Waals surface area contributed by atoms with Gasteiger partial charge in [-0.3, -0.25) is 0 Å². The zero-order valence-electron chi connectivity index (χ0n) is 16.5. The van der Waals surface area contributed by atoms with Gasteiger partial charge in [-0.25, -0.2) is 18.7 Å². The molecular weight excluding hydrogens is 394 g/mol. The summed E-state index contributed by atoms with van der Waals surface area (Å²) in [6, 6.07) is 5.19. The molecule has 3 aromatic rings. The van der Waals surface area contributed by atoms with Crippen LogP contribution in [0.1, 0.15) is 12.1 Å². The Bertz CT molecular complexity index is 1100. The van der Waals surface area contributed by atoms with Crippen LogP contribution < -0.4 is 19.7 Å². The van der Waals surface area contributed by atoms with Gasteiger partial charge in [0.25, 0.3) is 5.92 Å². The first kappa shape index (κ1) is 18.6. The lowest BCUT2D eigenvalue weighted by atomic mass is 10.2. The van der Waals surface area contributed by atoms with Crippen molar-refractivity contribution in [3.8, 4) is 17.2 Å².